The molecule has 0 unspecified atom stereocenters. The number of anilines is 2. The van der Waals surface area contributed by atoms with E-state index in [-0.39, 0.29) is 5.91 Å². The molecular weight excluding hydrogens is 412 g/mol. The lowest BCUT2D eigenvalue weighted by atomic mass is 10.0. The lowest BCUT2D eigenvalue weighted by Crippen LogP contribution is -2.39. The molecule has 1 aromatic carbocycles. The molecule has 1 N–H and O–H groups in total. The normalized spacial score (nSPS) is 17.2. The first kappa shape index (κ1) is 19.2. The van der Waals surface area contributed by atoms with Crippen molar-refractivity contribution in [1.82, 2.24) is 9.97 Å². The summed E-state index contributed by atoms with van der Waals surface area (Å²) >= 11 is 4.84. The Morgan fingerprint density at radius 1 is 1.35 bits per heavy atom. The molecule has 2 aromatic rings. The summed E-state index contributed by atoms with van der Waals surface area (Å²) in [4.78, 5) is 23.3. The minimum atomic E-state index is -0.0438. The standard InChI is InChI=1S/C19H23BrN4OS/c1-2-16-8-3-4-9-24(16)17-11-19(22-13-21-17)26-12-18(25)23-15-7-5-6-14(20)10-15/h5-7,10-11,13,16H,2-4,8-9,12H2,1H3,(H,23,25)/t16-/m0/s1. The van der Waals surface area contributed by atoms with Gasteiger partial charge in [-0.15, -0.1) is 0 Å². The summed E-state index contributed by atoms with van der Waals surface area (Å²) in [6.45, 7) is 3.27. The van der Waals surface area contributed by atoms with Crippen LogP contribution in [0, 0.1) is 0 Å². The molecule has 3 rings (SSSR count). The number of halogens is 1. The number of nitrogens with zero attached hydrogens (tertiary/aromatic N) is 3. The van der Waals surface area contributed by atoms with Crippen LogP contribution in [0.15, 0.2) is 46.2 Å². The van der Waals surface area contributed by atoms with E-state index in [4.69, 9.17) is 0 Å². The smallest absolute Gasteiger partial charge is 0.234 e. The number of benzene rings is 1. The van der Waals surface area contributed by atoms with Gasteiger partial charge in [-0.25, -0.2) is 9.97 Å². The van der Waals surface area contributed by atoms with Gasteiger partial charge in [0.15, 0.2) is 0 Å². The number of thioether (sulfide) groups is 1. The van der Waals surface area contributed by atoms with Crippen LogP contribution in [0.3, 0.4) is 0 Å². The van der Waals surface area contributed by atoms with Crippen molar-refractivity contribution >= 4 is 45.1 Å². The summed E-state index contributed by atoms with van der Waals surface area (Å²) < 4.78 is 0.940. The van der Waals surface area contributed by atoms with Crippen LogP contribution >= 0.6 is 27.7 Å². The molecule has 7 heteroatoms. The van der Waals surface area contributed by atoms with Crippen molar-refractivity contribution in [2.75, 3.05) is 22.5 Å². The summed E-state index contributed by atoms with van der Waals surface area (Å²) in [6.07, 6.45) is 6.44. The van der Waals surface area contributed by atoms with Crippen LogP contribution in [-0.4, -0.2) is 34.2 Å². The Kier molecular flexibility index (Phi) is 6.91. The van der Waals surface area contributed by atoms with Crippen LogP contribution in [0.2, 0.25) is 0 Å². The molecule has 138 valence electrons. The van der Waals surface area contributed by atoms with E-state index < -0.39 is 0 Å². The molecule has 1 aromatic heterocycles. The molecule has 2 heterocycles. The zero-order valence-corrected chi connectivity index (χ0v) is 17.2. The molecule has 1 fully saturated rings. The third-order valence-electron chi connectivity index (χ3n) is 4.48. The van der Waals surface area contributed by atoms with Crippen LogP contribution in [0.25, 0.3) is 0 Å². The highest BCUT2D eigenvalue weighted by atomic mass is 79.9. The molecule has 26 heavy (non-hydrogen) atoms. The van der Waals surface area contributed by atoms with Gasteiger partial charge in [0.25, 0.3) is 0 Å². The highest BCUT2D eigenvalue weighted by molar-refractivity contribution is 9.10. The minimum absolute atomic E-state index is 0.0438. The van der Waals surface area contributed by atoms with Crippen LogP contribution in [-0.2, 0) is 4.79 Å². The molecule has 0 spiro atoms. The molecule has 5 nitrogen and oxygen atoms in total. The van der Waals surface area contributed by atoms with Gasteiger partial charge in [-0.3, -0.25) is 4.79 Å². The van der Waals surface area contributed by atoms with Gasteiger partial charge in [-0.2, -0.15) is 0 Å². The maximum absolute atomic E-state index is 12.2. The lowest BCUT2D eigenvalue weighted by Gasteiger charge is -2.36. The topological polar surface area (TPSA) is 58.1 Å². The molecule has 1 saturated heterocycles. The van der Waals surface area contributed by atoms with Gasteiger partial charge in [0.05, 0.1) is 5.75 Å². The summed E-state index contributed by atoms with van der Waals surface area (Å²) in [6, 6.07) is 10.1. The summed E-state index contributed by atoms with van der Waals surface area (Å²) in [7, 11) is 0. The molecular formula is C19H23BrN4OS. The predicted molar refractivity (Wildman–Crippen MR) is 111 cm³/mol. The van der Waals surface area contributed by atoms with E-state index in [0.29, 0.717) is 11.8 Å². The first-order chi connectivity index (χ1) is 12.7. The summed E-state index contributed by atoms with van der Waals surface area (Å²) in [5.41, 5.74) is 0.785. The second kappa shape index (κ2) is 9.37. The van der Waals surface area contributed by atoms with Crippen molar-refractivity contribution < 1.29 is 4.79 Å². The molecule has 0 bridgehead atoms. The predicted octanol–water partition coefficient (Wildman–Crippen LogP) is 4.74. The number of rotatable bonds is 6. The number of piperidine rings is 1. The Bertz CT molecular complexity index is 758. The van der Waals surface area contributed by atoms with Gasteiger partial charge in [-0.1, -0.05) is 40.7 Å². The zero-order chi connectivity index (χ0) is 18.4. The third-order valence-corrected chi connectivity index (χ3v) is 5.90. The lowest BCUT2D eigenvalue weighted by molar-refractivity contribution is -0.113. The summed E-state index contributed by atoms with van der Waals surface area (Å²) in [5, 5.41) is 3.74. The van der Waals surface area contributed by atoms with Gasteiger partial charge in [0, 0.05) is 28.8 Å². The fourth-order valence-corrected chi connectivity index (χ4v) is 4.26. The maximum atomic E-state index is 12.2. The molecule has 1 atom stereocenters. The number of nitrogens with one attached hydrogen (secondary N) is 1. The number of aromatic nitrogens is 2. The Morgan fingerprint density at radius 2 is 2.23 bits per heavy atom. The monoisotopic (exact) mass is 434 g/mol. The van der Waals surface area contributed by atoms with E-state index in [0.717, 1.165) is 34.0 Å². The van der Waals surface area contributed by atoms with Gasteiger partial charge in [0.2, 0.25) is 5.91 Å². The van der Waals surface area contributed by atoms with E-state index >= 15 is 0 Å². The first-order valence-corrected chi connectivity index (χ1v) is 10.7. The largest absolute Gasteiger partial charge is 0.354 e. The van der Waals surface area contributed by atoms with Crippen molar-refractivity contribution in [3.63, 3.8) is 0 Å². The maximum Gasteiger partial charge on any atom is 0.234 e. The van der Waals surface area contributed by atoms with Gasteiger partial charge in [0.1, 0.15) is 17.2 Å². The Morgan fingerprint density at radius 3 is 3.04 bits per heavy atom. The van der Waals surface area contributed by atoms with Crippen LogP contribution in [0.5, 0.6) is 0 Å². The van der Waals surface area contributed by atoms with Crippen LogP contribution in [0.1, 0.15) is 32.6 Å². The van der Waals surface area contributed by atoms with Crippen molar-refractivity contribution in [3.8, 4) is 0 Å². The van der Waals surface area contributed by atoms with Crippen LogP contribution in [0.4, 0.5) is 11.5 Å². The molecule has 0 saturated carbocycles. The number of carbonyl (C=O) groups excluding carboxylic acids is 1. The van der Waals surface area contributed by atoms with Crippen molar-refractivity contribution in [1.29, 1.82) is 0 Å². The third kappa shape index (κ3) is 5.20. The number of hydrogen-bond acceptors (Lipinski definition) is 5. The van der Waals surface area contributed by atoms with Gasteiger partial charge >= 0.3 is 0 Å². The Hall–Kier alpha value is -1.60. The number of amides is 1. The van der Waals surface area contributed by atoms with E-state index in [2.05, 4.69) is 43.0 Å². The second-order valence-corrected chi connectivity index (χ2v) is 8.22. The quantitative estimate of drug-likeness (QED) is 0.525. The Labute approximate surface area is 167 Å². The van der Waals surface area contributed by atoms with E-state index in [9.17, 15) is 4.79 Å². The number of hydrogen-bond donors (Lipinski definition) is 1. The highest BCUT2D eigenvalue weighted by Gasteiger charge is 2.22. The average Bonchev–Trinajstić information content (AvgIpc) is 2.66. The van der Waals surface area contributed by atoms with Crippen molar-refractivity contribution in [3.05, 3.63) is 41.1 Å². The van der Waals surface area contributed by atoms with Crippen LogP contribution < -0.4 is 10.2 Å². The first-order valence-electron chi connectivity index (χ1n) is 8.92. The van der Waals surface area contributed by atoms with Gasteiger partial charge < -0.3 is 10.2 Å². The molecule has 0 aliphatic carbocycles. The van der Waals surface area contributed by atoms with Crippen molar-refractivity contribution in [2.45, 2.75) is 43.7 Å². The fourth-order valence-electron chi connectivity index (χ4n) is 3.20. The van der Waals surface area contributed by atoms with Gasteiger partial charge in [-0.05, 0) is 43.9 Å². The Balaban J connectivity index is 1.59. The fraction of sp³-hybridized carbons (Fsp3) is 0.421. The van der Waals surface area contributed by atoms with E-state index in [1.54, 1.807) is 6.33 Å². The van der Waals surface area contributed by atoms with Crippen molar-refractivity contribution in [2.24, 2.45) is 0 Å². The summed E-state index contributed by atoms with van der Waals surface area (Å²) in [5.74, 6) is 1.25. The molecule has 1 aliphatic heterocycles. The number of carbonyl (C=O) groups is 1. The highest BCUT2D eigenvalue weighted by Crippen LogP contribution is 2.27. The molecule has 1 aliphatic rings. The van der Waals surface area contributed by atoms with E-state index in [1.165, 1.54) is 31.0 Å². The second-order valence-electron chi connectivity index (χ2n) is 6.31. The molecule has 0 radical (unpaired) electrons. The SMILES string of the molecule is CC[C@H]1CCCCN1c1cc(SCC(=O)Nc2cccc(Br)c2)ncn1. The average molecular weight is 435 g/mol. The zero-order valence-electron chi connectivity index (χ0n) is 14.8. The van der Waals surface area contributed by atoms with E-state index in [1.807, 2.05) is 30.3 Å². The molecule has 1 amide bonds. The minimum Gasteiger partial charge on any atom is -0.354 e.